The number of benzene rings is 1. The van der Waals surface area contributed by atoms with Crippen molar-refractivity contribution in [3.8, 4) is 11.8 Å². The highest BCUT2D eigenvalue weighted by molar-refractivity contribution is 5.88. The average molecular weight is 405 g/mol. The lowest BCUT2D eigenvalue weighted by Gasteiger charge is -2.38. The van der Waals surface area contributed by atoms with Gasteiger partial charge < -0.3 is 19.3 Å². The van der Waals surface area contributed by atoms with Crippen LogP contribution in [0, 0.1) is 11.3 Å². The first kappa shape index (κ1) is 18.8. The Morgan fingerprint density at radius 2 is 2.07 bits per heavy atom. The molecule has 0 unspecified atom stereocenters. The van der Waals surface area contributed by atoms with E-state index >= 15 is 0 Å². The second-order valence-electron chi connectivity index (χ2n) is 8.01. The Kier molecular flexibility index (Phi) is 4.55. The number of carbonyl (C=O) groups is 1. The van der Waals surface area contributed by atoms with Crippen LogP contribution in [0.4, 0.5) is 5.82 Å². The van der Waals surface area contributed by atoms with Gasteiger partial charge in [-0.2, -0.15) is 5.26 Å². The molecule has 1 amide bonds. The molecular formula is C22H23N5O3. The third-order valence-corrected chi connectivity index (χ3v) is 6.46. The molecule has 4 heterocycles. The van der Waals surface area contributed by atoms with Crippen molar-refractivity contribution in [2.75, 3.05) is 25.1 Å². The zero-order chi connectivity index (χ0) is 20.7. The fourth-order valence-corrected chi connectivity index (χ4v) is 4.90. The van der Waals surface area contributed by atoms with Crippen molar-refractivity contribution in [3.63, 3.8) is 0 Å². The van der Waals surface area contributed by atoms with Crippen LogP contribution >= 0.6 is 0 Å². The topological polar surface area (TPSA) is 91.6 Å². The van der Waals surface area contributed by atoms with Crippen LogP contribution in [0.15, 0.2) is 36.7 Å². The average Bonchev–Trinajstić information content (AvgIpc) is 3.32. The van der Waals surface area contributed by atoms with Crippen molar-refractivity contribution in [2.45, 2.75) is 43.6 Å². The van der Waals surface area contributed by atoms with Gasteiger partial charge in [-0.1, -0.05) is 12.1 Å². The number of rotatable bonds is 3. The van der Waals surface area contributed by atoms with Gasteiger partial charge in [0, 0.05) is 32.0 Å². The summed E-state index contributed by atoms with van der Waals surface area (Å²) in [5, 5.41) is 9.07. The number of anilines is 1. The van der Waals surface area contributed by atoms with E-state index in [-0.39, 0.29) is 18.2 Å². The molecule has 1 aromatic carbocycles. The maximum absolute atomic E-state index is 13.5. The maximum atomic E-state index is 13.5. The molecule has 30 heavy (non-hydrogen) atoms. The monoisotopic (exact) mass is 405 g/mol. The van der Waals surface area contributed by atoms with Gasteiger partial charge in [-0.3, -0.25) is 4.79 Å². The summed E-state index contributed by atoms with van der Waals surface area (Å²) in [6.45, 7) is 1.30. The van der Waals surface area contributed by atoms with E-state index < -0.39 is 5.60 Å². The van der Waals surface area contributed by atoms with Crippen LogP contribution in [0.2, 0.25) is 0 Å². The van der Waals surface area contributed by atoms with E-state index in [0.717, 1.165) is 30.0 Å². The minimum atomic E-state index is -0.760. The van der Waals surface area contributed by atoms with Gasteiger partial charge in [0.05, 0.1) is 13.2 Å². The summed E-state index contributed by atoms with van der Waals surface area (Å²) in [6, 6.07) is 11.7. The lowest BCUT2D eigenvalue weighted by molar-refractivity contribution is -0.140. The molecule has 2 atom stereocenters. The minimum absolute atomic E-state index is 0.0232. The highest BCUT2D eigenvalue weighted by Gasteiger charge is 2.58. The van der Waals surface area contributed by atoms with E-state index in [2.05, 4.69) is 20.9 Å². The summed E-state index contributed by atoms with van der Waals surface area (Å²) in [5.41, 5.74) is 0.674. The largest absolute Gasteiger partial charge is 0.497 e. The van der Waals surface area contributed by atoms with E-state index in [1.165, 1.54) is 6.33 Å². The van der Waals surface area contributed by atoms with Gasteiger partial charge in [-0.25, -0.2) is 9.97 Å². The molecule has 2 aromatic rings. The molecule has 0 aliphatic carbocycles. The molecule has 3 aliphatic heterocycles. The molecule has 5 rings (SSSR count). The SMILES string of the molecule is COc1cccc([C@@H]2CC[C@H]3OC4(CCN(c5cc(C#N)ncn5)CC4)C(=O)N32)c1. The molecule has 1 spiro atoms. The molecule has 3 aliphatic rings. The number of methoxy groups -OCH3 is 1. The van der Waals surface area contributed by atoms with Crippen molar-refractivity contribution in [3.05, 3.63) is 47.9 Å². The number of amides is 1. The molecule has 1 aromatic heterocycles. The Morgan fingerprint density at radius 1 is 1.23 bits per heavy atom. The highest BCUT2D eigenvalue weighted by Crippen LogP contribution is 2.48. The number of ether oxygens (including phenoxy) is 2. The van der Waals surface area contributed by atoms with E-state index in [4.69, 9.17) is 14.7 Å². The Morgan fingerprint density at radius 3 is 2.83 bits per heavy atom. The lowest BCUT2D eigenvalue weighted by Crippen LogP contribution is -2.50. The number of nitrogens with zero attached hydrogens (tertiary/aromatic N) is 5. The fourth-order valence-electron chi connectivity index (χ4n) is 4.90. The van der Waals surface area contributed by atoms with Crippen molar-refractivity contribution < 1.29 is 14.3 Å². The normalized spacial score (nSPS) is 24.7. The lowest BCUT2D eigenvalue weighted by atomic mass is 9.89. The second-order valence-corrected chi connectivity index (χ2v) is 8.01. The van der Waals surface area contributed by atoms with E-state index in [1.807, 2.05) is 29.2 Å². The third kappa shape index (κ3) is 2.97. The smallest absolute Gasteiger partial charge is 0.257 e. The summed E-state index contributed by atoms with van der Waals surface area (Å²) >= 11 is 0. The highest BCUT2D eigenvalue weighted by atomic mass is 16.6. The van der Waals surface area contributed by atoms with Gasteiger partial charge >= 0.3 is 0 Å². The zero-order valence-electron chi connectivity index (χ0n) is 16.8. The predicted molar refractivity (Wildman–Crippen MR) is 108 cm³/mol. The Labute approximate surface area is 175 Å². The van der Waals surface area contributed by atoms with Crippen molar-refractivity contribution in [1.29, 1.82) is 5.26 Å². The minimum Gasteiger partial charge on any atom is -0.497 e. The van der Waals surface area contributed by atoms with Crippen molar-refractivity contribution in [1.82, 2.24) is 14.9 Å². The van der Waals surface area contributed by atoms with Gasteiger partial charge in [0.15, 0.2) is 5.60 Å². The van der Waals surface area contributed by atoms with Crippen LogP contribution in [0.1, 0.15) is 43.0 Å². The molecule has 0 radical (unpaired) electrons. The first-order chi connectivity index (χ1) is 14.6. The van der Waals surface area contributed by atoms with Crippen molar-refractivity contribution in [2.24, 2.45) is 0 Å². The number of carbonyl (C=O) groups excluding carboxylic acids is 1. The van der Waals surface area contributed by atoms with E-state index in [0.29, 0.717) is 31.6 Å². The standard InChI is InChI=1S/C22H23N5O3/c1-29-17-4-2-3-15(11-17)18-5-6-20-27(18)21(28)22(30-20)7-9-26(10-8-22)19-12-16(13-23)24-14-25-19/h2-4,11-12,14,18,20H,5-10H2,1H3/t18-,20+/m0/s1. The van der Waals surface area contributed by atoms with Gasteiger partial charge in [-0.15, -0.1) is 0 Å². The quantitative estimate of drug-likeness (QED) is 0.774. The zero-order valence-corrected chi connectivity index (χ0v) is 16.8. The van der Waals surface area contributed by atoms with Gasteiger partial charge in [0.1, 0.15) is 35.9 Å². The third-order valence-electron chi connectivity index (χ3n) is 6.46. The van der Waals surface area contributed by atoms with Crippen LogP contribution in [0.3, 0.4) is 0 Å². The number of nitriles is 1. The summed E-state index contributed by atoms with van der Waals surface area (Å²) in [6.07, 6.45) is 4.19. The van der Waals surface area contributed by atoms with Crippen LogP contribution in [-0.2, 0) is 9.53 Å². The number of piperidine rings is 1. The van der Waals surface area contributed by atoms with Gasteiger partial charge in [0.2, 0.25) is 0 Å². The van der Waals surface area contributed by atoms with Crippen molar-refractivity contribution >= 4 is 11.7 Å². The molecule has 3 fully saturated rings. The van der Waals surface area contributed by atoms with Crippen LogP contribution < -0.4 is 9.64 Å². The molecule has 8 heteroatoms. The first-order valence-corrected chi connectivity index (χ1v) is 10.3. The van der Waals surface area contributed by atoms with Crippen LogP contribution in [-0.4, -0.2) is 52.8 Å². The van der Waals surface area contributed by atoms with Gasteiger partial charge in [0.25, 0.3) is 5.91 Å². The molecule has 0 saturated carbocycles. The number of hydrogen-bond acceptors (Lipinski definition) is 7. The molecule has 154 valence electrons. The Bertz CT molecular complexity index is 1010. The summed E-state index contributed by atoms with van der Waals surface area (Å²) in [4.78, 5) is 25.8. The Hall–Kier alpha value is -3.18. The van der Waals surface area contributed by atoms with Crippen LogP contribution in [0.25, 0.3) is 0 Å². The van der Waals surface area contributed by atoms with E-state index in [9.17, 15) is 4.79 Å². The predicted octanol–water partition coefficient (Wildman–Crippen LogP) is 2.42. The summed E-state index contributed by atoms with van der Waals surface area (Å²) < 4.78 is 11.8. The van der Waals surface area contributed by atoms with Crippen LogP contribution in [0.5, 0.6) is 5.75 Å². The number of fused-ring (bicyclic) bond motifs is 1. The molecule has 3 saturated heterocycles. The summed E-state index contributed by atoms with van der Waals surface area (Å²) in [7, 11) is 1.65. The van der Waals surface area contributed by atoms with Gasteiger partial charge in [-0.05, 0) is 30.5 Å². The molecular weight excluding hydrogens is 382 g/mol. The molecule has 0 N–H and O–H groups in total. The summed E-state index contributed by atoms with van der Waals surface area (Å²) in [5.74, 6) is 1.61. The maximum Gasteiger partial charge on any atom is 0.257 e. The molecule has 8 nitrogen and oxygen atoms in total. The Balaban J connectivity index is 1.33. The number of hydrogen-bond donors (Lipinski definition) is 0. The first-order valence-electron chi connectivity index (χ1n) is 10.3. The molecule has 0 bridgehead atoms. The number of aromatic nitrogens is 2. The van der Waals surface area contributed by atoms with E-state index in [1.54, 1.807) is 13.2 Å². The second kappa shape index (κ2) is 7.26. The fraction of sp³-hybridized carbons (Fsp3) is 0.455.